The predicted octanol–water partition coefficient (Wildman–Crippen LogP) is 3.16. The standard InChI is InChI=1S/C16H12O4/c1-9(17)10-3-5-12-13-6-4-11(19-2)8-15(13)20-16(18)14(12)7-10/h3-8H,1-2H3. The molecule has 0 fully saturated rings. The zero-order valence-corrected chi connectivity index (χ0v) is 11.1. The number of ether oxygens (including phenoxy) is 1. The second-order valence-electron chi connectivity index (χ2n) is 4.57. The minimum atomic E-state index is -0.455. The van der Waals surface area contributed by atoms with Crippen LogP contribution in [0.1, 0.15) is 17.3 Å². The van der Waals surface area contributed by atoms with Gasteiger partial charge >= 0.3 is 5.63 Å². The fraction of sp³-hybridized carbons (Fsp3) is 0.125. The van der Waals surface area contributed by atoms with Gasteiger partial charge in [-0.25, -0.2) is 4.79 Å². The van der Waals surface area contributed by atoms with Crippen LogP contribution in [0, 0.1) is 0 Å². The highest BCUT2D eigenvalue weighted by Gasteiger charge is 2.10. The van der Waals surface area contributed by atoms with Crippen LogP contribution in [0.25, 0.3) is 21.7 Å². The van der Waals surface area contributed by atoms with Crippen molar-refractivity contribution in [3.63, 3.8) is 0 Å². The van der Waals surface area contributed by atoms with E-state index in [4.69, 9.17) is 9.15 Å². The molecule has 0 atom stereocenters. The summed E-state index contributed by atoms with van der Waals surface area (Å²) in [6.45, 7) is 1.47. The van der Waals surface area contributed by atoms with Gasteiger partial charge < -0.3 is 9.15 Å². The Morgan fingerprint density at radius 2 is 1.80 bits per heavy atom. The van der Waals surface area contributed by atoms with Crippen molar-refractivity contribution in [1.82, 2.24) is 0 Å². The van der Waals surface area contributed by atoms with Crippen molar-refractivity contribution in [2.45, 2.75) is 6.92 Å². The molecule has 0 N–H and O–H groups in total. The van der Waals surface area contributed by atoms with Crippen LogP contribution in [-0.2, 0) is 0 Å². The Balaban J connectivity index is 2.42. The summed E-state index contributed by atoms with van der Waals surface area (Å²) in [6, 6.07) is 10.4. The molecular formula is C16H12O4. The summed E-state index contributed by atoms with van der Waals surface area (Å²) in [7, 11) is 1.56. The van der Waals surface area contributed by atoms with Gasteiger partial charge in [-0.3, -0.25) is 4.79 Å². The van der Waals surface area contributed by atoms with Crippen molar-refractivity contribution in [1.29, 1.82) is 0 Å². The number of fused-ring (bicyclic) bond motifs is 3. The maximum absolute atomic E-state index is 12.0. The van der Waals surface area contributed by atoms with Crippen molar-refractivity contribution in [3.8, 4) is 5.75 Å². The highest BCUT2D eigenvalue weighted by Crippen LogP contribution is 2.26. The first-order chi connectivity index (χ1) is 9.60. The molecule has 0 aliphatic rings. The largest absolute Gasteiger partial charge is 0.497 e. The van der Waals surface area contributed by atoms with Crippen LogP contribution in [-0.4, -0.2) is 12.9 Å². The van der Waals surface area contributed by atoms with Gasteiger partial charge in [0.25, 0.3) is 0 Å². The molecule has 1 aromatic heterocycles. The Morgan fingerprint density at radius 1 is 1.05 bits per heavy atom. The molecule has 2 aromatic carbocycles. The van der Waals surface area contributed by atoms with Crippen LogP contribution >= 0.6 is 0 Å². The third kappa shape index (κ3) is 1.86. The van der Waals surface area contributed by atoms with E-state index in [1.807, 2.05) is 6.07 Å². The van der Waals surface area contributed by atoms with Crippen molar-refractivity contribution in [2.75, 3.05) is 7.11 Å². The van der Waals surface area contributed by atoms with Gasteiger partial charge in [-0.05, 0) is 30.5 Å². The Hall–Kier alpha value is -2.62. The van der Waals surface area contributed by atoms with Crippen LogP contribution in [0.3, 0.4) is 0 Å². The van der Waals surface area contributed by atoms with E-state index in [9.17, 15) is 9.59 Å². The first-order valence-electron chi connectivity index (χ1n) is 6.15. The van der Waals surface area contributed by atoms with E-state index in [-0.39, 0.29) is 5.78 Å². The fourth-order valence-corrected chi connectivity index (χ4v) is 2.26. The van der Waals surface area contributed by atoms with Gasteiger partial charge in [0.2, 0.25) is 0 Å². The van der Waals surface area contributed by atoms with E-state index < -0.39 is 5.63 Å². The SMILES string of the molecule is COc1ccc2c(c1)oc(=O)c1cc(C(C)=O)ccc12. The van der Waals surface area contributed by atoms with E-state index in [1.54, 1.807) is 37.4 Å². The van der Waals surface area contributed by atoms with Gasteiger partial charge in [0, 0.05) is 17.0 Å². The summed E-state index contributed by atoms with van der Waals surface area (Å²) >= 11 is 0. The molecule has 3 rings (SSSR count). The summed E-state index contributed by atoms with van der Waals surface area (Å²) in [6.07, 6.45) is 0. The first kappa shape index (κ1) is 12.4. The van der Waals surface area contributed by atoms with Gasteiger partial charge in [-0.2, -0.15) is 0 Å². The lowest BCUT2D eigenvalue weighted by atomic mass is 10.0. The third-order valence-electron chi connectivity index (χ3n) is 3.33. The lowest BCUT2D eigenvalue weighted by molar-refractivity contribution is 0.101. The molecule has 3 aromatic rings. The Labute approximate surface area is 114 Å². The number of Topliss-reactive ketones (excluding diaryl/α,β-unsaturated/α-hetero) is 1. The molecule has 100 valence electrons. The van der Waals surface area contributed by atoms with Gasteiger partial charge in [-0.1, -0.05) is 12.1 Å². The van der Waals surface area contributed by atoms with Gasteiger partial charge in [0.15, 0.2) is 5.78 Å². The Morgan fingerprint density at radius 3 is 2.50 bits per heavy atom. The normalized spacial score (nSPS) is 10.9. The van der Waals surface area contributed by atoms with Crippen LogP contribution < -0.4 is 10.4 Å². The average molecular weight is 268 g/mol. The van der Waals surface area contributed by atoms with Crippen molar-refractivity contribution in [3.05, 3.63) is 52.4 Å². The topological polar surface area (TPSA) is 56.5 Å². The number of carbonyl (C=O) groups excluding carboxylic acids is 1. The molecule has 1 heterocycles. The van der Waals surface area contributed by atoms with Crippen LogP contribution in [0.15, 0.2) is 45.6 Å². The summed E-state index contributed by atoms with van der Waals surface area (Å²) in [5, 5.41) is 2.00. The Kier molecular flexibility index (Phi) is 2.79. The molecule has 0 amide bonds. The van der Waals surface area contributed by atoms with Crippen LogP contribution in [0.5, 0.6) is 5.75 Å². The molecule has 0 spiro atoms. The van der Waals surface area contributed by atoms with Gasteiger partial charge in [-0.15, -0.1) is 0 Å². The quantitative estimate of drug-likeness (QED) is 0.407. The smallest absolute Gasteiger partial charge is 0.344 e. The first-order valence-corrected chi connectivity index (χ1v) is 6.15. The summed E-state index contributed by atoms with van der Waals surface area (Å²) in [5.74, 6) is 0.543. The summed E-state index contributed by atoms with van der Waals surface area (Å²) in [4.78, 5) is 23.4. The van der Waals surface area contributed by atoms with E-state index >= 15 is 0 Å². The maximum Gasteiger partial charge on any atom is 0.344 e. The second kappa shape index (κ2) is 4.49. The van der Waals surface area contributed by atoms with Crippen molar-refractivity contribution in [2.24, 2.45) is 0 Å². The zero-order valence-electron chi connectivity index (χ0n) is 11.1. The van der Waals surface area contributed by atoms with Crippen molar-refractivity contribution >= 4 is 27.5 Å². The monoisotopic (exact) mass is 268 g/mol. The molecule has 0 radical (unpaired) electrons. The summed E-state index contributed by atoms with van der Waals surface area (Å²) < 4.78 is 10.4. The van der Waals surface area contributed by atoms with E-state index in [2.05, 4.69) is 0 Å². The van der Waals surface area contributed by atoms with Gasteiger partial charge in [0.05, 0.1) is 12.5 Å². The number of hydrogen-bond donors (Lipinski definition) is 0. The van der Waals surface area contributed by atoms with E-state index in [1.165, 1.54) is 6.92 Å². The molecule has 0 aliphatic carbocycles. The minimum Gasteiger partial charge on any atom is -0.497 e. The number of carbonyl (C=O) groups is 1. The van der Waals surface area contributed by atoms with E-state index in [0.717, 1.165) is 10.8 Å². The van der Waals surface area contributed by atoms with Gasteiger partial charge in [0.1, 0.15) is 11.3 Å². The molecule has 0 bridgehead atoms. The molecule has 4 nitrogen and oxygen atoms in total. The lowest BCUT2D eigenvalue weighted by Gasteiger charge is -2.05. The van der Waals surface area contributed by atoms with Crippen molar-refractivity contribution < 1.29 is 13.9 Å². The third-order valence-corrected chi connectivity index (χ3v) is 3.33. The zero-order chi connectivity index (χ0) is 14.3. The van der Waals surface area contributed by atoms with Crippen LogP contribution in [0.4, 0.5) is 0 Å². The predicted molar refractivity (Wildman–Crippen MR) is 76.5 cm³/mol. The second-order valence-corrected chi connectivity index (χ2v) is 4.57. The summed E-state index contributed by atoms with van der Waals surface area (Å²) in [5.41, 5.74) is 0.513. The average Bonchev–Trinajstić information content (AvgIpc) is 2.46. The number of rotatable bonds is 2. The molecule has 0 saturated heterocycles. The number of ketones is 1. The number of benzene rings is 2. The molecule has 4 heteroatoms. The Bertz CT molecular complexity index is 890. The minimum absolute atomic E-state index is 0.0823. The van der Waals surface area contributed by atoms with Crippen LogP contribution in [0.2, 0.25) is 0 Å². The highest BCUT2D eigenvalue weighted by atomic mass is 16.5. The highest BCUT2D eigenvalue weighted by molar-refractivity contribution is 6.07. The number of methoxy groups -OCH3 is 1. The lowest BCUT2D eigenvalue weighted by Crippen LogP contribution is -2.02. The molecule has 0 aliphatic heterocycles. The van der Waals surface area contributed by atoms with E-state index in [0.29, 0.717) is 22.3 Å². The molecule has 0 saturated carbocycles. The molecule has 20 heavy (non-hydrogen) atoms. The fourth-order valence-electron chi connectivity index (χ4n) is 2.26. The number of hydrogen-bond acceptors (Lipinski definition) is 4. The molecule has 0 unspecified atom stereocenters. The molecular weight excluding hydrogens is 256 g/mol. The maximum atomic E-state index is 12.0.